The first-order valence-corrected chi connectivity index (χ1v) is 4.38. The number of rotatable bonds is 4. The number of carboxylic acids is 1. The lowest BCUT2D eigenvalue weighted by Crippen LogP contribution is -2.16. The van der Waals surface area contributed by atoms with Crippen LogP contribution in [0.25, 0.3) is 0 Å². The van der Waals surface area contributed by atoms with E-state index in [9.17, 15) is 14.4 Å². The van der Waals surface area contributed by atoms with Crippen LogP contribution < -0.4 is 10.5 Å². The Hall–Kier alpha value is -2.70. The topological polar surface area (TPSA) is 120 Å². The molecular formula is C10H8N2O5. The highest BCUT2D eigenvalue weighted by atomic mass is 16.5. The Kier molecular flexibility index (Phi) is 3.93. The number of hydrogen-bond donors (Lipinski definition) is 2. The second-order valence-corrected chi connectivity index (χ2v) is 2.81. The molecule has 1 rings (SSSR count). The molecule has 0 unspecified atom stereocenters. The van der Waals surface area contributed by atoms with Gasteiger partial charge in [0, 0.05) is 18.3 Å². The molecule has 88 valence electrons. The van der Waals surface area contributed by atoms with E-state index in [4.69, 9.17) is 15.6 Å². The van der Waals surface area contributed by atoms with Crippen molar-refractivity contribution in [3.05, 3.63) is 36.2 Å². The Bertz CT molecular complexity index is 495. The average Bonchev–Trinajstić information content (AvgIpc) is 2.27. The Labute approximate surface area is 95.5 Å². The number of primary amides is 1. The van der Waals surface area contributed by atoms with E-state index in [0.717, 1.165) is 0 Å². The van der Waals surface area contributed by atoms with Gasteiger partial charge in [-0.2, -0.15) is 0 Å². The number of pyridine rings is 1. The van der Waals surface area contributed by atoms with Crippen molar-refractivity contribution in [2.45, 2.75) is 0 Å². The quantitative estimate of drug-likeness (QED) is 0.548. The molecule has 0 radical (unpaired) electrons. The molecule has 0 aliphatic carbocycles. The van der Waals surface area contributed by atoms with Crippen molar-refractivity contribution in [1.29, 1.82) is 0 Å². The number of esters is 1. The van der Waals surface area contributed by atoms with Crippen LogP contribution in [0.1, 0.15) is 10.5 Å². The van der Waals surface area contributed by atoms with Crippen LogP contribution >= 0.6 is 0 Å². The maximum Gasteiger partial charge on any atom is 0.336 e. The van der Waals surface area contributed by atoms with Crippen LogP contribution in [-0.4, -0.2) is 27.9 Å². The zero-order valence-corrected chi connectivity index (χ0v) is 8.49. The third kappa shape index (κ3) is 3.74. The van der Waals surface area contributed by atoms with Gasteiger partial charge in [0.2, 0.25) is 0 Å². The van der Waals surface area contributed by atoms with Crippen LogP contribution in [0, 0.1) is 0 Å². The van der Waals surface area contributed by atoms with Crippen molar-refractivity contribution >= 4 is 17.8 Å². The van der Waals surface area contributed by atoms with Gasteiger partial charge in [-0.15, -0.1) is 0 Å². The number of nitrogens with zero attached hydrogens (tertiary/aromatic N) is 1. The molecule has 0 saturated heterocycles. The number of hydrogen-bond acceptors (Lipinski definition) is 5. The molecule has 1 amide bonds. The summed E-state index contributed by atoms with van der Waals surface area (Å²) in [6.45, 7) is 0. The largest absolute Gasteiger partial charge is 0.478 e. The number of aliphatic carboxylic acids is 1. The van der Waals surface area contributed by atoms with E-state index in [1.807, 2.05) is 0 Å². The van der Waals surface area contributed by atoms with Crippen LogP contribution in [0.4, 0.5) is 0 Å². The molecule has 17 heavy (non-hydrogen) atoms. The molecule has 0 spiro atoms. The number of aromatic nitrogens is 1. The highest BCUT2D eigenvalue weighted by Gasteiger charge is 2.12. The minimum absolute atomic E-state index is 0.125. The van der Waals surface area contributed by atoms with Crippen molar-refractivity contribution < 1.29 is 24.2 Å². The molecule has 0 aliphatic rings. The summed E-state index contributed by atoms with van der Waals surface area (Å²) in [6.07, 6.45) is 2.63. The van der Waals surface area contributed by atoms with Gasteiger partial charge < -0.3 is 15.6 Å². The molecule has 0 aromatic carbocycles. The highest BCUT2D eigenvalue weighted by Crippen LogP contribution is 2.14. The average molecular weight is 236 g/mol. The Balaban J connectivity index is 2.85. The minimum atomic E-state index is -1.29. The molecule has 7 nitrogen and oxygen atoms in total. The smallest absolute Gasteiger partial charge is 0.336 e. The lowest BCUT2D eigenvalue weighted by atomic mass is 10.3. The van der Waals surface area contributed by atoms with Crippen LogP contribution in [0.15, 0.2) is 30.5 Å². The van der Waals surface area contributed by atoms with E-state index in [1.165, 1.54) is 18.3 Å². The molecule has 1 heterocycles. The molecule has 0 bridgehead atoms. The summed E-state index contributed by atoms with van der Waals surface area (Å²) >= 11 is 0. The third-order valence-electron chi connectivity index (χ3n) is 1.58. The van der Waals surface area contributed by atoms with Crippen LogP contribution in [-0.2, 0) is 9.59 Å². The van der Waals surface area contributed by atoms with Gasteiger partial charge in [-0.3, -0.25) is 4.79 Å². The van der Waals surface area contributed by atoms with Crippen molar-refractivity contribution in [1.82, 2.24) is 4.98 Å². The summed E-state index contributed by atoms with van der Waals surface area (Å²) in [5, 5.41) is 8.29. The first kappa shape index (κ1) is 12.4. The second-order valence-electron chi connectivity index (χ2n) is 2.81. The molecule has 0 atom stereocenters. The van der Waals surface area contributed by atoms with Gasteiger partial charge in [0.1, 0.15) is 0 Å². The summed E-state index contributed by atoms with van der Waals surface area (Å²) in [4.78, 5) is 35.8. The fourth-order valence-electron chi connectivity index (χ4n) is 0.940. The maximum absolute atomic E-state index is 11.1. The van der Waals surface area contributed by atoms with Crippen molar-refractivity contribution in [3.63, 3.8) is 0 Å². The zero-order valence-electron chi connectivity index (χ0n) is 8.49. The van der Waals surface area contributed by atoms with Crippen molar-refractivity contribution in [3.8, 4) is 5.75 Å². The number of ether oxygens (including phenoxy) is 1. The molecule has 1 aromatic rings. The van der Waals surface area contributed by atoms with Crippen LogP contribution in [0.3, 0.4) is 0 Å². The van der Waals surface area contributed by atoms with E-state index < -0.39 is 17.8 Å². The number of carbonyl (C=O) groups excluding carboxylic acids is 2. The highest BCUT2D eigenvalue weighted by molar-refractivity contribution is 5.96. The first-order valence-electron chi connectivity index (χ1n) is 4.38. The SMILES string of the molecule is NC(=O)c1ncccc1OC(=O)/C=C/C(=O)O. The predicted octanol–water partition coefficient (Wildman–Crippen LogP) is -0.273. The predicted molar refractivity (Wildman–Crippen MR) is 55.2 cm³/mol. The van der Waals surface area contributed by atoms with Crippen molar-refractivity contribution in [2.24, 2.45) is 5.73 Å². The molecule has 0 saturated carbocycles. The summed E-state index contributed by atoms with van der Waals surface area (Å²) in [5.74, 6) is -3.21. The molecule has 1 aromatic heterocycles. The Morgan fingerprint density at radius 3 is 2.65 bits per heavy atom. The van der Waals surface area contributed by atoms with E-state index in [0.29, 0.717) is 12.2 Å². The monoisotopic (exact) mass is 236 g/mol. The van der Waals surface area contributed by atoms with E-state index in [1.54, 1.807) is 0 Å². The van der Waals surface area contributed by atoms with E-state index >= 15 is 0 Å². The first-order chi connectivity index (χ1) is 8.00. The fraction of sp³-hybridized carbons (Fsp3) is 0. The number of carboxylic acid groups (broad SMARTS) is 1. The summed E-state index contributed by atoms with van der Waals surface area (Å²) < 4.78 is 4.70. The van der Waals surface area contributed by atoms with Gasteiger partial charge in [-0.05, 0) is 12.1 Å². The summed E-state index contributed by atoms with van der Waals surface area (Å²) in [5.41, 5.74) is 4.80. The second kappa shape index (κ2) is 5.40. The molecule has 0 fully saturated rings. The Morgan fingerprint density at radius 2 is 2.06 bits per heavy atom. The number of nitrogens with two attached hydrogens (primary N) is 1. The third-order valence-corrected chi connectivity index (χ3v) is 1.58. The van der Waals surface area contributed by atoms with Gasteiger partial charge >= 0.3 is 11.9 Å². The van der Waals surface area contributed by atoms with Crippen LogP contribution in [0.5, 0.6) is 5.75 Å². The summed E-state index contributed by atoms with van der Waals surface area (Å²) in [7, 11) is 0. The minimum Gasteiger partial charge on any atom is -0.478 e. The molecule has 7 heteroatoms. The lowest BCUT2D eigenvalue weighted by Gasteiger charge is -2.03. The normalized spacial score (nSPS) is 10.1. The Morgan fingerprint density at radius 1 is 1.35 bits per heavy atom. The van der Waals surface area contributed by atoms with Gasteiger partial charge in [-0.25, -0.2) is 14.6 Å². The number of amides is 1. The van der Waals surface area contributed by atoms with Gasteiger partial charge in [0.15, 0.2) is 11.4 Å². The van der Waals surface area contributed by atoms with Crippen molar-refractivity contribution in [2.75, 3.05) is 0 Å². The molecule has 3 N–H and O–H groups in total. The molecule has 0 aliphatic heterocycles. The van der Waals surface area contributed by atoms with Gasteiger partial charge in [0.05, 0.1) is 0 Å². The van der Waals surface area contributed by atoms with Gasteiger partial charge in [0.25, 0.3) is 5.91 Å². The summed E-state index contributed by atoms with van der Waals surface area (Å²) in [6, 6.07) is 2.76. The molecular weight excluding hydrogens is 228 g/mol. The van der Waals surface area contributed by atoms with Gasteiger partial charge in [-0.1, -0.05) is 0 Å². The maximum atomic E-state index is 11.1. The van der Waals surface area contributed by atoms with Crippen LogP contribution in [0.2, 0.25) is 0 Å². The van der Waals surface area contributed by atoms with E-state index in [-0.39, 0.29) is 11.4 Å². The standard InChI is InChI=1S/C10H8N2O5/c11-10(16)9-6(2-1-5-12-9)17-8(15)4-3-7(13)14/h1-5H,(H2,11,16)(H,13,14)/b4-3+. The number of carbonyl (C=O) groups is 3. The van der Waals surface area contributed by atoms with E-state index in [2.05, 4.69) is 4.98 Å². The zero-order chi connectivity index (χ0) is 12.8. The lowest BCUT2D eigenvalue weighted by molar-refractivity contribution is -0.133. The fourth-order valence-corrected chi connectivity index (χ4v) is 0.940.